The third-order valence-corrected chi connectivity index (χ3v) is 4.70. The summed E-state index contributed by atoms with van der Waals surface area (Å²) in [4.78, 5) is 11.9. The van der Waals surface area contributed by atoms with Crippen LogP contribution < -0.4 is 10.6 Å². The molecule has 2 aliphatic carbocycles. The van der Waals surface area contributed by atoms with Gasteiger partial charge in [-0.2, -0.15) is 0 Å². The molecule has 2 fully saturated rings. The summed E-state index contributed by atoms with van der Waals surface area (Å²) in [6.07, 6.45) is 11.6. The van der Waals surface area contributed by atoms with Crippen molar-refractivity contribution in [1.29, 1.82) is 0 Å². The maximum Gasteiger partial charge on any atom is 0.315 e. The Hall–Kier alpha value is -0.730. The lowest BCUT2D eigenvalue weighted by Gasteiger charge is -2.30. The topological polar surface area (TPSA) is 41.1 Å². The highest BCUT2D eigenvalue weighted by atomic mass is 16.2. The zero-order valence-electron chi connectivity index (χ0n) is 11.7. The van der Waals surface area contributed by atoms with E-state index < -0.39 is 0 Å². The van der Waals surface area contributed by atoms with Gasteiger partial charge in [-0.05, 0) is 37.5 Å². The van der Waals surface area contributed by atoms with E-state index in [0.717, 1.165) is 13.0 Å². The molecule has 0 aromatic heterocycles. The predicted molar refractivity (Wildman–Crippen MR) is 74.5 cm³/mol. The Balaban J connectivity index is 1.64. The van der Waals surface area contributed by atoms with Gasteiger partial charge >= 0.3 is 6.03 Å². The van der Waals surface area contributed by atoms with E-state index in [-0.39, 0.29) is 6.03 Å². The number of rotatable bonds is 3. The third kappa shape index (κ3) is 4.18. The van der Waals surface area contributed by atoms with Gasteiger partial charge in [0.05, 0.1) is 0 Å². The Morgan fingerprint density at radius 1 is 1.00 bits per heavy atom. The molecule has 2 rings (SSSR count). The molecule has 2 saturated carbocycles. The van der Waals surface area contributed by atoms with E-state index in [0.29, 0.717) is 17.9 Å². The average molecular weight is 252 g/mol. The molecule has 0 spiro atoms. The summed E-state index contributed by atoms with van der Waals surface area (Å²) in [5, 5.41) is 6.23. The molecule has 0 bridgehead atoms. The molecule has 2 N–H and O–H groups in total. The highest BCUT2D eigenvalue weighted by Crippen LogP contribution is 2.24. The highest BCUT2D eigenvalue weighted by molar-refractivity contribution is 5.74. The number of carbonyl (C=O) groups is 1. The average Bonchev–Trinajstić information content (AvgIpc) is 2.40. The standard InChI is InChI=1S/C15H28N2O/c1-12-7-5-6-10-14(12)17-15(18)16-11-13-8-3-2-4-9-13/h12-14H,2-11H2,1H3,(H2,16,17,18)/t12-,14-/m1/s1. The van der Waals surface area contributed by atoms with Gasteiger partial charge in [-0.3, -0.25) is 0 Å². The van der Waals surface area contributed by atoms with E-state index in [9.17, 15) is 4.79 Å². The molecule has 2 aliphatic rings. The van der Waals surface area contributed by atoms with Crippen LogP contribution in [-0.4, -0.2) is 18.6 Å². The molecular formula is C15H28N2O. The Kier molecular flexibility index (Phi) is 5.33. The fourth-order valence-corrected chi connectivity index (χ4v) is 3.38. The zero-order valence-corrected chi connectivity index (χ0v) is 11.7. The van der Waals surface area contributed by atoms with Gasteiger partial charge in [-0.1, -0.05) is 39.0 Å². The molecule has 2 amide bonds. The number of carbonyl (C=O) groups excluding carboxylic acids is 1. The van der Waals surface area contributed by atoms with Crippen molar-refractivity contribution in [2.24, 2.45) is 11.8 Å². The first-order valence-corrected chi connectivity index (χ1v) is 7.80. The Morgan fingerprint density at radius 2 is 1.67 bits per heavy atom. The molecule has 0 radical (unpaired) electrons. The molecule has 0 aromatic rings. The van der Waals surface area contributed by atoms with Crippen LogP contribution in [0.4, 0.5) is 4.79 Å². The zero-order chi connectivity index (χ0) is 12.8. The molecular weight excluding hydrogens is 224 g/mol. The molecule has 2 atom stereocenters. The van der Waals surface area contributed by atoms with Crippen LogP contribution in [0.3, 0.4) is 0 Å². The fourth-order valence-electron chi connectivity index (χ4n) is 3.38. The van der Waals surface area contributed by atoms with Crippen molar-refractivity contribution in [3.63, 3.8) is 0 Å². The monoisotopic (exact) mass is 252 g/mol. The molecule has 0 aliphatic heterocycles. The number of hydrogen-bond acceptors (Lipinski definition) is 1. The first-order valence-electron chi connectivity index (χ1n) is 7.80. The first-order chi connectivity index (χ1) is 8.75. The van der Waals surface area contributed by atoms with Crippen LogP contribution >= 0.6 is 0 Å². The van der Waals surface area contributed by atoms with Gasteiger partial charge in [0.15, 0.2) is 0 Å². The van der Waals surface area contributed by atoms with Crippen molar-refractivity contribution in [2.75, 3.05) is 6.54 Å². The predicted octanol–water partition coefficient (Wildman–Crippen LogP) is 3.44. The summed E-state index contributed by atoms with van der Waals surface area (Å²) in [5.41, 5.74) is 0. The Labute approximate surface area is 111 Å². The molecule has 18 heavy (non-hydrogen) atoms. The second-order valence-corrected chi connectivity index (χ2v) is 6.23. The van der Waals surface area contributed by atoms with Gasteiger partial charge in [-0.25, -0.2) is 4.79 Å². The van der Waals surface area contributed by atoms with Gasteiger partial charge in [-0.15, -0.1) is 0 Å². The highest BCUT2D eigenvalue weighted by Gasteiger charge is 2.23. The lowest BCUT2D eigenvalue weighted by molar-refractivity contribution is 0.218. The van der Waals surface area contributed by atoms with Crippen LogP contribution in [0.2, 0.25) is 0 Å². The summed E-state index contributed by atoms with van der Waals surface area (Å²) in [5.74, 6) is 1.35. The molecule has 0 saturated heterocycles. The number of amides is 2. The minimum Gasteiger partial charge on any atom is -0.338 e. The minimum absolute atomic E-state index is 0.0549. The fraction of sp³-hybridized carbons (Fsp3) is 0.933. The second-order valence-electron chi connectivity index (χ2n) is 6.23. The minimum atomic E-state index is 0.0549. The van der Waals surface area contributed by atoms with E-state index in [1.165, 1.54) is 51.4 Å². The van der Waals surface area contributed by atoms with Crippen molar-refractivity contribution in [1.82, 2.24) is 10.6 Å². The maximum absolute atomic E-state index is 11.9. The molecule has 0 unspecified atom stereocenters. The van der Waals surface area contributed by atoms with Crippen LogP contribution in [0, 0.1) is 11.8 Å². The molecule has 3 nitrogen and oxygen atoms in total. The quantitative estimate of drug-likeness (QED) is 0.793. The van der Waals surface area contributed by atoms with Crippen molar-refractivity contribution < 1.29 is 4.79 Å². The SMILES string of the molecule is C[C@@H]1CCCC[C@H]1NC(=O)NCC1CCCCC1. The number of urea groups is 1. The lowest BCUT2D eigenvalue weighted by Crippen LogP contribution is -2.47. The van der Waals surface area contributed by atoms with Crippen molar-refractivity contribution in [2.45, 2.75) is 70.8 Å². The van der Waals surface area contributed by atoms with Crippen molar-refractivity contribution in [3.05, 3.63) is 0 Å². The Morgan fingerprint density at radius 3 is 2.39 bits per heavy atom. The van der Waals surface area contributed by atoms with E-state index in [1.807, 2.05) is 0 Å². The van der Waals surface area contributed by atoms with E-state index in [1.54, 1.807) is 0 Å². The van der Waals surface area contributed by atoms with Crippen LogP contribution in [0.25, 0.3) is 0 Å². The lowest BCUT2D eigenvalue weighted by atomic mass is 9.86. The summed E-state index contributed by atoms with van der Waals surface area (Å²) < 4.78 is 0. The van der Waals surface area contributed by atoms with E-state index in [4.69, 9.17) is 0 Å². The Bertz CT molecular complexity index is 261. The smallest absolute Gasteiger partial charge is 0.315 e. The van der Waals surface area contributed by atoms with Crippen LogP contribution in [-0.2, 0) is 0 Å². The maximum atomic E-state index is 11.9. The molecule has 104 valence electrons. The van der Waals surface area contributed by atoms with E-state index in [2.05, 4.69) is 17.6 Å². The summed E-state index contributed by atoms with van der Waals surface area (Å²) in [6, 6.07) is 0.449. The molecule has 0 heterocycles. The van der Waals surface area contributed by atoms with Gasteiger partial charge < -0.3 is 10.6 Å². The van der Waals surface area contributed by atoms with Gasteiger partial charge in [0.2, 0.25) is 0 Å². The van der Waals surface area contributed by atoms with Crippen LogP contribution in [0.15, 0.2) is 0 Å². The summed E-state index contributed by atoms with van der Waals surface area (Å²) >= 11 is 0. The van der Waals surface area contributed by atoms with Gasteiger partial charge in [0, 0.05) is 12.6 Å². The van der Waals surface area contributed by atoms with Crippen molar-refractivity contribution in [3.8, 4) is 0 Å². The van der Waals surface area contributed by atoms with Gasteiger partial charge in [0.1, 0.15) is 0 Å². The largest absolute Gasteiger partial charge is 0.338 e. The summed E-state index contributed by atoms with van der Waals surface area (Å²) in [7, 11) is 0. The molecule has 3 heteroatoms. The summed E-state index contributed by atoms with van der Waals surface area (Å²) in [6.45, 7) is 3.12. The van der Waals surface area contributed by atoms with Gasteiger partial charge in [0.25, 0.3) is 0 Å². The number of nitrogens with one attached hydrogen (secondary N) is 2. The normalized spacial score (nSPS) is 29.8. The van der Waals surface area contributed by atoms with Crippen LogP contribution in [0.1, 0.15) is 64.7 Å². The third-order valence-electron chi connectivity index (χ3n) is 4.70. The van der Waals surface area contributed by atoms with E-state index >= 15 is 0 Å². The van der Waals surface area contributed by atoms with Crippen LogP contribution in [0.5, 0.6) is 0 Å². The number of hydrogen-bond donors (Lipinski definition) is 2. The molecule has 0 aromatic carbocycles. The first kappa shape index (κ1) is 13.7. The second kappa shape index (κ2) is 7.01. The van der Waals surface area contributed by atoms with Crippen molar-refractivity contribution >= 4 is 6.03 Å².